The van der Waals surface area contributed by atoms with Crippen LogP contribution in [0.15, 0.2) is 12.2 Å². The smallest absolute Gasteiger partial charge is 0.169 e. The highest BCUT2D eigenvalue weighted by molar-refractivity contribution is 6.01. The molecule has 0 aliphatic carbocycles. The lowest BCUT2D eigenvalue weighted by Gasteiger charge is -2.44. The third-order valence-corrected chi connectivity index (χ3v) is 2.66. The van der Waals surface area contributed by atoms with E-state index < -0.39 is 11.5 Å². The molecule has 3 heteroatoms. The van der Waals surface area contributed by atoms with Crippen molar-refractivity contribution >= 4 is 12.1 Å². The maximum Gasteiger partial charge on any atom is 0.169 e. The number of Topliss-reactive ketones (excluding diaryl/α,β-unsaturated/α-hetero) is 1. The standard InChI is InChI=1S/C10H14O3/c1-4-10(9(12)7(2)3)6-13-8(10)5-11/h5,8H,2,4,6H2,1,3H3. The van der Waals surface area contributed by atoms with E-state index in [1.54, 1.807) is 6.92 Å². The molecule has 0 radical (unpaired) electrons. The molecule has 1 saturated heterocycles. The number of rotatable bonds is 4. The Labute approximate surface area is 77.8 Å². The molecular weight excluding hydrogens is 168 g/mol. The molecule has 0 aromatic carbocycles. The molecule has 1 aliphatic heterocycles. The fourth-order valence-corrected chi connectivity index (χ4v) is 1.63. The Morgan fingerprint density at radius 2 is 2.38 bits per heavy atom. The molecule has 0 saturated carbocycles. The van der Waals surface area contributed by atoms with Crippen LogP contribution in [0.4, 0.5) is 0 Å². The van der Waals surface area contributed by atoms with Gasteiger partial charge in [-0.2, -0.15) is 0 Å². The van der Waals surface area contributed by atoms with Crippen LogP contribution in [-0.2, 0) is 14.3 Å². The van der Waals surface area contributed by atoms with Crippen molar-refractivity contribution in [3.63, 3.8) is 0 Å². The predicted molar refractivity (Wildman–Crippen MR) is 48.3 cm³/mol. The van der Waals surface area contributed by atoms with E-state index in [9.17, 15) is 9.59 Å². The Morgan fingerprint density at radius 3 is 2.62 bits per heavy atom. The second-order valence-corrected chi connectivity index (χ2v) is 3.49. The first-order valence-electron chi connectivity index (χ1n) is 4.35. The van der Waals surface area contributed by atoms with Gasteiger partial charge in [-0.05, 0) is 18.9 Å². The average Bonchev–Trinajstić information content (AvgIpc) is 2.05. The lowest BCUT2D eigenvalue weighted by molar-refractivity contribution is -0.188. The lowest BCUT2D eigenvalue weighted by Crippen LogP contribution is -2.57. The van der Waals surface area contributed by atoms with Gasteiger partial charge in [0.25, 0.3) is 0 Å². The normalized spacial score (nSPS) is 32.0. The largest absolute Gasteiger partial charge is 0.368 e. The second kappa shape index (κ2) is 3.42. The van der Waals surface area contributed by atoms with Gasteiger partial charge in [-0.3, -0.25) is 4.79 Å². The topological polar surface area (TPSA) is 43.4 Å². The quantitative estimate of drug-likeness (QED) is 0.483. The van der Waals surface area contributed by atoms with Gasteiger partial charge in [0.1, 0.15) is 12.4 Å². The first-order valence-corrected chi connectivity index (χ1v) is 4.35. The third kappa shape index (κ3) is 1.33. The summed E-state index contributed by atoms with van der Waals surface area (Å²) in [6.07, 6.45) is 0.761. The molecule has 72 valence electrons. The number of ketones is 1. The van der Waals surface area contributed by atoms with Gasteiger partial charge < -0.3 is 9.53 Å². The molecule has 0 spiro atoms. The molecule has 0 amide bonds. The van der Waals surface area contributed by atoms with Gasteiger partial charge in [0.15, 0.2) is 5.78 Å². The Morgan fingerprint density at radius 1 is 1.77 bits per heavy atom. The fourth-order valence-electron chi connectivity index (χ4n) is 1.63. The van der Waals surface area contributed by atoms with Crippen molar-refractivity contribution in [2.75, 3.05) is 6.61 Å². The van der Waals surface area contributed by atoms with Crippen LogP contribution in [0.5, 0.6) is 0 Å². The summed E-state index contributed by atoms with van der Waals surface area (Å²) in [5.41, 5.74) is -0.120. The molecule has 1 rings (SSSR count). The first-order chi connectivity index (χ1) is 6.08. The van der Waals surface area contributed by atoms with Gasteiger partial charge >= 0.3 is 0 Å². The summed E-state index contributed by atoms with van der Waals surface area (Å²) < 4.78 is 5.03. The molecule has 2 unspecified atom stereocenters. The van der Waals surface area contributed by atoms with Crippen molar-refractivity contribution < 1.29 is 14.3 Å². The van der Waals surface area contributed by atoms with Crippen LogP contribution >= 0.6 is 0 Å². The Bertz CT molecular complexity index is 253. The van der Waals surface area contributed by atoms with Gasteiger partial charge in [0, 0.05) is 0 Å². The van der Waals surface area contributed by atoms with Gasteiger partial charge in [0.05, 0.1) is 12.0 Å². The highest BCUT2D eigenvalue weighted by Crippen LogP contribution is 2.39. The molecule has 2 atom stereocenters. The van der Waals surface area contributed by atoms with E-state index in [1.165, 1.54) is 0 Å². The number of ether oxygens (including phenoxy) is 1. The predicted octanol–water partition coefficient (Wildman–Crippen LogP) is 1.13. The highest BCUT2D eigenvalue weighted by Gasteiger charge is 2.52. The Hall–Kier alpha value is -0.960. The molecule has 1 aliphatic rings. The zero-order valence-corrected chi connectivity index (χ0v) is 8.00. The van der Waals surface area contributed by atoms with Crippen LogP contribution in [0.25, 0.3) is 0 Å². The lowest BCUT2D eigenvalue weighted by atomic mass is 9.71. The highest BCUT2D eigenvalue weighted by atomic mass is 16.5. The van der Waals surface area contributed by atoms with E-state index >= 15 is 0 Å². The van der Waals surface area contributed by atoms with Crippen molar-refractivity contribution in [2.45, 2.75) is 26.4 Å². The van der Waals surface area contributed by atoms with E-state index in [0.717, 1.165) is 0 Å². The van der Waals surface area contributed by atoms with E-state index in [-0.39, 0.29) is 5.78 Å². The van der Waals surface area contributed by atoms with E-state index in [0.29, 0.717) is 24.9 Å². The summed E-state index contributed by atoms with van der Waals surface area (Å²) in [6, 6.07) is 0. The molecule has 3 nitrogen and oxygen atoms in total. The van der Waals surface area contributed by atoms with Gasteiger partial charge in [-0.1, -0.05) is 13.5 Å². The summed E-state index contributed by atoms with van der Waals surface area (Å²) in [5.74, 6) is -0.0432. The van der Waals surface area contributed by atoms with Crippen LogP contribution in [0.1, 0.15) is 20.3 Å². The summed E-state index contributed by atoms with van der Waals surface area (Å²) in [5, 5.41) is 0. The average molecular weight is 182 g/mol. The maximum absolute atomic E-state index is 11.7. The molecule has 0 bridgehead atoms. The van der Waals surface area contributed by atoms with Crippen LogP contribution in [-0.4, -0.2) is 24.8 Å². The Balaban J connectivity index is 2.88. The minimum atomic E-state index is -0.617. The maximum atomic E-state index is 11.7. The van der Waals surface area contributed by atoms with Crippen molar-refractivity contribution in [1.82, 2.24) is 0 Å². The van der Waals surface area contributed by atoms with E-state index in [4.69, 9.17) is 4.74 Å². The van der Waals surface area contributed by atoms with Crippen LogP contribution in [0, 0.1) is 5.41 Å². The Kier molecular flexibility index (Phi) is 2.66. The summed E-state index contributed by atoms with van der Waals surface area (Å²) >= 11 is 0. The van der Waals surface area contributed by atoms with Crippen molar-refractivity contribution in [2.24, 2.45) is 5.41 Å². The van der Waals surface area contributed by atoms with Crippen molar-refractivity contribution in [3.05, 3.63) is 12.2 Å². The number of carbonyl (C=O) groups excluding carboxylic acids is 2. The zero-order chi connectivity index (χ0) is 10.1. The number of carbonyl (C=O) groups is 2. The van der Waals surface area contributed by atoms with Crippen molar-refractivity contribution in [1.29, 1.82) is 0 Å². The number of allylic oxidation sites excluding steroid dienone is 1. The third-order valence-electron chi connectivity index (χ3n) is 2.66. The zero-order valence-electron chi connectivity index (χ0n) is 8.00. The summed E-state index contributed by atoms with van der Waals surface area (Å²) in [7, 11) is 0. The molecule has 0 aromatic heterocycles. The van der Waals surface area contributed by atoms with Gasteiger partial charge in [-0.15, -0.1) is 0 Å². The summed E-state index contributed by atoms with van der Waals surface area (Å²) in [6.45, 7) is 7.50. The fraction of sp³-hybridized carbons (Fsp3) is 0.600. The van der Waals surface area contributed by atoms with Crippen LogP contribution < -0.4 is 0 Å². The second-order valence-electron chi connectivity index (χ2n) is 3.49. The van der Waals surface area contributed by atoms with E-state index in [2.05, 4.69) is 6.58 Å². The molecule has 1 fully saturated rings. The molecule has 0 aromatic rings. The minimum Gasteiger partial charge on any atom is -0.368 e. The molecule has 13 heavy (non-hydrogen) atoms. The number of aldehydes is 1. The van der Waals surface area contributed by atoms with Gasteiger partial charge in [0.2, 0.25) is 0 Å². The summed E-state index contributed by atoms with van der Waals surface area (Å²) in [4.78, 5) is 22.3. The monoisotopic (exact) mass is 182 g/mol. The van der Waals surface area contributed by atoms with Crippen LogP contribution in [0.2, 0.25) is 0 Å². The SMILES string of the molecule is C=C(C)C(=O)C1(CC)COC1C=O. The molecule has 1 heterocycles. The van der Waals surface area contributed by atoms with E-state index in [1.807, 2.05) is 6.92 Å². The van der Waals surface area contributed by atoms with Gasteiger partial charge in [-0.25, -0.2) is 0 Å². The van der Waals surface area contributed by atoms with Crippen molar-refractivity contribution in [3.8, 4) is 0 Å². The minimum absolute atomic E-state index is 0.0432. The molecular formula is C10H14O3. The number of hydrogen-bond donors (Lipinski definition) is 0. The van der Waals surface area contributed by atoms with Crippen LogP contribution in [0.3, 0.4) is 0 Å². The molecule has 0 N–H and O–H groups in total. The number of hydrogen-bond acceptors (Lipinski definition) is 3. The first kappa shape index (κ1) is 10.1.